The van der Waals surface area contributed by atoms with Crippen LogP contribution in [0.2, 0.25) is 5.15 Å². The van der Waals surface area contributed by atoms with Crippen LogP contribution in [0.15, 0.2) is 36.8 Å². The first-order valence-corrected chi connectivity index (χ1v) is 10.6. The van der Waals surface area contributed by atoms with Gasteiger partial charge in [-0.2, -0.15) is 18.3 Å². The zero-order chi connectivity index (χ0) is 26.3. The van der Waals surface area contributed by atoms with Crippen LogP contribution in [0.4, 0.5) is 26.3 Å². The van der Waals surface area contributed by atoms with Gasteiger partial charge in [-0.25, -0.2) is 27.6 Å². The molecule has 1 aromatic carbocycles. The second-order valence-corrected chi connectivity index (χ2v) is 8.31. The number of carbonyl (C=O) groups is 1. The highest BCUT2D eigenvalue weighted by Crippen LogP contribution is 2.53. The lowest BCUT2D eigenvalue weighted by Gasteiger charge is -2.34. The van der Waals surface area contributed by atoms with Gasteiger partial charge in [0.15, 0.2) is 0 Å². The molecule has 2 aromatic heterocycles. The number of nitrogens with zero attached hydrogens (tertiary/aromatic N) is 3. The third-order valence-electron chi connectivity index (χ3n) is 5.38. The molecule has 1 atom stereocenters. The van der Waals surface area contributed by atoms with E-state index in [9.17, 15) is 31.1 Å². The molecule has 0 spiro atoms. The molecule has 0 aliphatic carbocycles. The Bertz CT molecular complexity index is 1230. The number of ether oxygens (including phenoxy) is 1. The first kappa shape index (κ1) is 26.5. The predicted molar refractivity (Wildman–Crippen MR) is 117 cm³/mol. The van der Waals surface area contributed by atoms with E-state index in [2.05, 4.69) is 10.1 Å². The normalized spacial score (nSPS) is 14.0. The van der Waals surface area contributed by atoms with Gasteiger partial charge in [0, 0.05) is 24.2 Å². The number of halogens is 7. The molecule has 0 N–H and O–H groups in total. The number of aryl methyl sites for hydroxylation is 2. The van der Waals surface area contributed by atoms with E-state index < -0.39 is 29.3 Å². The Labute approximate surface area is 201 Å². The Hall–Kier alpha value is -3.08. The summed E-state index contributed by atoms with van der Waals surface area (Å²) < 4.78 is 89.1. The van der Waals surface area contributed by atoms with Gasteiger partial charge in [0.25, 0.3) is 11.6 Å². The summed E-state index contributed by atoms with van der Waals surface area (Å²) in [6, 6.07) is 2.91. The molecule has 0 fully saturated rings. The summed E-state index contributed by atoms with van der Waals surface area (Å²) in [5.41, 5.74) is -4.64. The van der Waals surface area contributed by atoms with Crippen molar-refractivity contribution in [2.45, 2.75) is 45.5 Å². The molecule has 12 heteroatoms. The minimum Gasteiger partial charge on any atom is -0.462 e. The van der Waals surface area contributed by atoms with Crippen molar-refractivity contribution in [3.05, 3.63) is 64.2 Å². The van der Waals surface area contributed by atoms with Gasteiger partial charge < -0.3 is 4.74 Å². The monoisotopic (exact) mass is 519 g/mol. The van der Waals surface area contributed by atoms with Gasteiger partial charge in [-0.3, -0.25) is 0 Å². The van der Waals surface area contributed by atoms with Gasteiger partial charge in [0.1, 0.15) is 5.15 Å². The number of pyridine rings is 1. The molecule has 2 heterocycles. The van der Waals surface area contributed by atoms with Crippen molar-refractivity contribution in [3.8, 4) is 16.8 Å². The Morgan fingerprint density at radius 1 is 1.06 bits per heavy atom. The molecule has 3 rings (SSSR count). The van der Waals surface area contributed by atoms with Gasteiger partial charge in [0.05, 0.1) is 30.3 Å². The van der Waals surface area contributed by atoms with Crippen LogP contribution in [0.1, 0.15) is 40.9 Å². The van der Waals surface area contributed by atoms with Crippen LogP contribution in [0.3, 0.4) is 0 Å². The summed E-state index contributed by atoms with van der Waals surface area (Å²) >= 11 is 5.97. The average molecular weight is 520 g/mol. The summed E-state index contributed by atoms with van der Waals surface area (Å²) in [4.78, 5) is 16.0. The van der Waals surface area contributed by atoms with E-state index in [-0.39, 0.29) is 35.4 Å². The maximum Gasteiger partial charge on any atom is 0.432 e. The van der Waals surface area contributed by atoms with Crippen molar-refractivity contribution in [3.63, 3.8) is 0 Å². The molecule has 0 amide bonds. The van der Waals surface area contributed by atoms with Crippen LogP contribution in [0, 0.1) is 13.8 Å². The Morgan fingerprint density at radius 3 is 2.17 bits per heavy atom. The molecule has 0 bridgehead atoms. The number of rotatable bonds is 6. The summed E-state index contributed by atoms with van der Waals surface area (Å²) in [5, 5.41) is 4.10. The summed E-state index contributed by atoms with van der Waals surface area (Å²) in [7, 11) is 0. The second kappa shape index (κ2) is 9.18. The zero-order valence-corrected chi connectivity index (χ0v) is 19.7. The molecule has 5 nitrogen and oxygen atoms in total. The van der Waals surface area contributed by atoms with Crippen molar-refractivity contribution < 1.29 is 35.9 Å². The lowest BCUT2D eigenvalue weighted by Crippen LogP contribution is -2.51. The molecule has 0 aliphatic rings. The smallest absolute Gasteiger partial charge is 0.432 e. The fourth-order valence-corrected chi connectivity index (χ4v) is 3.97. The standard InChI is InChI=1S/C23H20ClF6N3O2/c1-5-35-20(34)17-8-16(10-31-19(17)24)33-11-14(9-32-33)18-12(2)6-15(7-13(18)3)22(27,21(4,25)26)23(28,29)30/h6-11H,5H2,1-4H3. The van der Waals surface area contributed by atoms with Crippen molar-refractivity contribution in [2.75, 3.05) is 6.61 Å². The Kier molecular flexibility index (Phi) is 6.95. The first-order chi connectivity index (χ1) is 16.1. The third-order valence-corrected chi connectivity index (χ3v) is 5.68. The van der Waals surface area contributed by atoms with Crippen LogP contribution < -0.4 is 0 Å². The third kappa shape index (κ3) is 4.73. The first-order valence-electron chi connectivity index (χ1n) is 10.2. The van der Waals surface area contributed by atoms with Crippen molar-refractivity contribution in [1.29, 1.82) is 0 Å². The van der Waals surface area contributed by atoms with E-state index in [1.54, 1.807) is 6.92 Å². The molecular weight excluding hydrogens is 500 g/mol. The van der Waals surface area contributed by atoms with Gasteiger partial charge >= 0.3 is 12.1 Å². The molecule has 0 aliphatic heterocycles. The maximum absolute atomic E-state index is 14.9. The fourth-order valence-electron chi connectivity index (χ4n) is 3.79. The van der Waals surface area contributed by atoms with Crippen molar-refractivity contribution in [1.82, 2.24) is 14.8 Å². The Morgan fingerprint density at radius 2 is 1.66 bits per heavy atom. The molecule has 0 saturated heterocycles. The molecule has 0 saturated carbocycles. The minimum atomic E-state index is -5.84. The highest BCUT2D eigenvalue weighted by Gasteiger charge is 2.70. The van der Waals surface area contributed by atoms with Crippen molar-refractivity contribution in [2.24, 2.45) is 0 Å². The van der Waals surface area contributed by atoms with E-state index in [1.807, 2.05) is 0 Å². The van der Waals surface area contributed by atoms with Gasteiger partial charge in [-0.05, 0) is 43.5 Å². The number of benzene rings is 1. The Balaban J connectivity index is 2.06. The van der Waals surface area contributed by atoms with Crippen LogP contribution in [0.25, 0.3) is 16.8 Å². The largest absolute Gasteiger partial charge is 0.462 e. The molecular formula is C23H20ClF6N3O2. The lowest BCUT2D eigenvalue weighted by molar-refractivity contribution is -0.304. The highest BCUT2D eigenvalue weighted by atomic mass is 35.5. The van der Waals surface area contributed by atoms with E-state index in [4.69, 9.17) is 16.3 Å². The van der Waals surface area contributed by atoms with E-state index in [0.29, 0.717) is 16.8 Å². The van der Waals surface area contributed by atoms with Gasteiger partial charge in [0.2, 0.25) is 0 Å². The average Bonchev–Trinajstić information content (AvgIpc) is 3.21. The van der Waals surface area contributed by atoms with Crippen LogP contribution in [-0.2, 0) is 10.4 Å². The number of alkyl halides is 6. The molecule has 1 unspecified atom stereocenters. The topological polar surface area (TPSA) is 57.0 Å². The van der Waals surface area contributed by atoms with Gasteiger partial charge in [-0.15, -0.1) is 0 Å². The predicted octanol–water partition coefficient (Wildman–Crippen LogP) is 6.76. The minimum absolute atomic E-state index is 0.00621. The number of carbonyl (C=O) groups excluding carboxylic acids is 1. The highest BCUT2D eigenvalue weighted by molar-refractivity contribution is 6.32. The SMILES string of the molecule is CCOC(=O)c1cc(-n2cc(-c3c(C)cc(C(F)(C(C)(F)F)C(F)(F)F)cc3C)cn2)cnc1Cl. The molecule has 188 valence electrons. The summed E-state index contributed by atoms with van der Waals surface area (Å²) in [5.74, 6) is -5.40. The van der Waals surface area contributed by atoms with E-state index in [1.165, 1.54) is 43.2 Å². The quantitative estimate of drug-likeness (QED) is 0.205. The van der Waals surface area contributed by atoms with Crippen LogP contribution in [-0.4, -0.2) is 39.4 Å². The van der Waals surface area contributed by atoms with Crippen LogP contribution >= 0.6 is 11.6 Å². The maximum atomic E-state index is 14.9. The number of hydrogen-bond acceptors (Lipinski definition) is 4. The fraction of sp³-hybridized carbons (Fsp3) is 0.348. The van der Waals surface area contributed by atoms with E-state index >= 15 is 0 Å². The second-order valence-electron chi connectivity index (χ2n) is 7.96. The van der Waals surface area contributed by atoms with Crippen LogP contribution in [0.5, 0.6) is 0 Å². The van der Waals surface area contributed by atoms with Crippen molar-refractivity contribution >= 4 is 17.6 Å². The number of hydrogen-bond donors (Lipinski definition) is 0. The summed E-state index contributed by atoms with van der Waals surface area (Å²) in [6.07, 6.45) is -1.62. The number of esters is 1. The lowest BCUT2D eigenvalue weighted by atomic mass is 9.84. The summed E-state index contributed by atoms with van der Waals surface area (Å²) in [6.45, 7) is 4.42. The zero-order valence-electron chi connectivity index (χ0n) is 19.0. The van der Waals surface area contributed by atoms with Gasteiger partial charge in [-0.1, -0.05) is 23.7 Å². The molecule has 3 aromatic rings. The number of aromatic nitrogens is 3. The molecule has 0 radical (unpaired) electrons. The molecule has 35 heavy (non-hydrogen) atoms. The van der Waals surface area contributed by atoms with E-state index in [0.717, 1.165) is 12.1 Å².